The van der Waals surface area contributed by atoms with Crippen LogP contribution in [0, 0.1) is 0 Å². The summed E-state index contributed by atoms with van der Waals surface area (Å²) < 4.78 is 10.1. The van der Waals surface area contributed by atoms with Gasteiger partial charge in [-0.05, 0) is 35.9 Å². The molecule has 0 radical (unpaired) electrons. The molecule has 1 aromatic carbocycles. The zero-order valence-corrected chi connectivity index (χ0v) is 19.3. The van der Waals surface area contributed by atoms with Gasteiger partial charge in [0.2, 0.25) is 5.96 Å². The van der Waals surface area contributed by atoms with Gasteiger partial charge in [0.15, 0.2) is 12.3 Å². The van der Waals surface area contributed by atoms with Gasteiger partial charge < -0.3 is 32.4 Å². The Balaban J connectivity index is 0.00000196. The number of aryl methyl sites for hydroxylation is 1. The van der Waals surface area contributed by atoms with Gasteiger partial charge in [0.05, 0.1) is 19.5 Å². The van der Waals surface area contributed by atoms with Crippen molar-refractivity contribution >= 4 is 34.8 Å². The lowest BCUT2D eigenvalue weighted by atomic mass is 10.2. The topological polar surface area (TPSA) is 72.2 Å². The van der Waals surface area contributed by atoms with Gasteiger partial charge in [-0.1, -0.05) is 6.07 Å². The second kappa shape index (κ2) is 10.8. The first-order valence-corrected chi connectivity index (χ1v) is 8.26. The van der Waals surface area contributed by atoms with Gasteiger partial charge in [0.25, 0.3) is 5.65 Å². The minimum absolute atomic E-state index is 0. The van der Waals surface area contributed by atoms with Crippen molar-refractivity contribution in [1.29, 1.82) is 0 Å². The summed E-state index contributed by atoms with van der Waals surface area (Å²) in [5.74, 6) is 1.16. The summed E-state index contributed by atoms with van der Waals surface area (Å²) in [4.78, 5) is 1.69. The highest BCUT2D eigenvalue weighted by Crippen LogP contribution is 2.14. The number of nitrogens with zero attached hydrogens (tertiary/aromatic N) is 5. The number of pyridine rings is 1. The third-order valence-electron chi connectivity index (χ3n) is 4.02. The number of fused-ring (bicyclic) bond motifs is 1. The maximum absolute atomic E-state index is 5.90. The van der Waals surface area contributed by atoms with Gasteiger partial charge in [0, 0.05) is 20.2 Å². The van der Waals surface area contributed by atoms with Gasteiger partial charge in [-0.2, -0.15) is 5.10 Å². The second-order valence-electron chi connectivity index (χ2n) is 6.10. The van der Waals surface area contributed by atoms with Crippen molar-refractivity contribution in [3.63, 3.8) is 0 Å². The monoisotopic (exact) mass is 510 g/mol. The summed E-state index contributed by atoms with van der Waals surface area (Å²) in [5, 5.41) is 7.87. The molecule has 0 aliphatic carbocycles. The lowest BCUT2D eigenvalue weighted by Gasteiger charge is -2.07. The van der Waals surface area contributed by atoms with Crippen molar-refractivity contribution < 1.29 is 26.1 Å². The number of hydrogen-bond donors (Lipinski definition) is 1. The fourth-order valence-corrected chi connectivity index (χ4v) is 2.42. The molecule has 2 aromatic heterocycles. The van der Waals surface area contributed by atoms with E-state index >= 15 is 0 Å². The number of nitrogens with two attached hydrogens (primary N) is 1. The number of ether oxygens (including phenoxy) is 1. The molecule has 2 heterocycles. The molecule has 150 valence electrons. The first kappa shape index (κ1) is 23.6. The van der Waals surface area contributed by atoms with Crippen molar-refractivity contribution in [1.82, 2.24) is 9.47 Å². The molecule has 0 unspecified atom stereocenters. The predicted molar refractivity (Wildman–Crippen MR) is 113 cm³/mol. The standard InChI is InChI=1S/C19H23N6O.2BrH/c1-23(2)19(20)22-21-12-15-7-9-17(10-8-15)26-14-16-13-25-11-5-4-6-18(25)24(16)3;;/h4-13H,14H2,1-3H3,(H2,20,22);2*1H/q+1;;/p-1/b21-12+;;. The predicted octanol–water partition coefficient (Wildman–Crippen LogP) is -0.865. The van der Waals surface area contributed by atoms with Gasteiger partial charge in [-0.15, -0.1) is 22.1 Å². The van der Waals surface area contributed by atoms with E-state index < -0.39 is 0 Å². The fraction of sp³-hybridized carbons (Fsp3) is 0.211. The molecule has 3 aromatic rings. The van der Waals surface area contributed by atoms with Crippen molar-refractivity contribution in [3.05, 3.63) is 66.1 Å². The van der Waals surface area contributed by atoms with Crippen molar-refractivity contribution in [2.24, 2.45) is 23.0 Å². The van der Waals surface area contributed by atoms with Crippen LogP contribution in [0.25, 0.3) is 5.65 Å². The molecule has 0 fully saturated rings. The van der Waals surface area contributed by atoms with Crippen molar-refractivity contribution in [3.8, 4) is 5.75 Å². The molecule has 0 spiro atoms. The quantitative estimate of drug-likeness (QED) is 0.209. The molecule has 0 saturated heterocycles. The third kappa shape index (κ3) is 5.80. The molecule has 0 amide bonds. The Hall–Kier alpha value is -2.39. The fourth-order valence-electron chi connectivity index (χ4n) is 2.42. The minimum atomic E-state index is 0. The first-order valence-electron chi connectivity index (χ1n) is 8.26. The molecule has 0 atom stereocenters. The molecule has 28 heavy (non-hydrogen) atoms. The van der Waals surface area contributed by atoms with Gasteiger partial charge in [0.1, 0.15) is 11.9 Å². The van der Waals surface area contributed by atoms with Crippen LogP contribution >= 0.6 is 17.0 Å². The molecule has 0 aliphatic rings. The van der Waals surface area contributed by atoms with Crippen LogP contribution in [0.1, 0.15) is 11.3 Å². The van der Waals surface area contributed by atoms with Gasteiger partial charge in [-0.25, -0.2) is 8.97 Å². The molecule has 0 saturated carbocycles. The van der Waals surface area contributed by atoms with Crippen molar-refractivity contribution in [2.45, 2.75) is 6.61 Å². The van der Waals surface area contributed by atoms with Crippen LogP contribution in [-0.2, 0) is 13.7 Å². The van der Waals surface area contributed by atoms with E-state index in [0.717, 1.165) is 22.7 Å². The summed E-state index contributed by atoms with van der Waals surface area (Å²) in [6.07, 6.45) is 5.75. The Morgan fingerprint density at radius 3 is 2.57 bits per heavy atom. The molecule has 7 nitrogen and oxygen atoms in total. The third-order valence-corrected chi connectivity index (χ3v) is 4.02. The Morgan fingerprint density at radius 2 is 1.93 bits per heavy atom. The summed E-state index contributed by atoms with van der Waals surface area (Å²) in [6.45, 7) is 0.495. The van der Waals surface area contributed by atoms with Gasteiger partial charge >= 0.3 is 0 Å². The summed E-state index contributed by atoms with van der Waals surface area (Å²) >= 11 is 0. The number of imidazole rings is 1. The maximum atomic E-state index is 5.90. The number of guanidine groups is 1. The van der Waals surface area contributed by atoms with Crippen LogP contribution < -0.4 is 31.9 Å². The Morgan fingerprint density at radius 1 is 1.21 bits per heavy atom. The highest BCUT2D eigenvalue weighted by molar-refractivity contribution is 8.93. The zero-order chi connectivity index (χ0) is 18.5. The van der Waals surface area contributed by atoms with Crippen LogP contribution in [0.3, 0.4) is 0 Å². The Bertz CT molecular complexity index is 951. The second-order valence-corrected chi connectivity index (χ2v) is 6.10. The van der Waals surface area contributed by atoms with Gasteiger partial charge in [-0.3, -0.25) is 0 Å². The number of hydrogen-bond acceptors (Lipinski definition) is 3. The highest BCUT2D eigenvalue weighted by Gasteiger charge is 2.13. The number of aromatic nitrogens is 2. The number of benzene rings is 1. The van der Waals surface area contributed by atoms with Crippen LogP contribution in [0.4, 0.5) is 0 Å². The SMILES string of the molecule is Br.CN(C)C(N)=N/N=C/c1ccc(OCc2c[n+]3ccccc3n2C)cc1.[Br-]. The number of halogens is 2. The largest absolute Gasteiger partial charge is 1.00 e. The molecule has 0 bridgehead atoms. The van der Waals surface area contributed by atoms with E-state index in [-0.39, 0.29) is 34.0 Å². The average molecular weight is 512 g/mol. The lowest BCUT2D eigenvalue weighted by Crippen LogP contribution is -3.00. The summed E-state index contributed by atoms with van der Waals surface area (Å²) in [7, 11) is 5.66. The maximum Gasteiger partial charge on any atom is 0.286 e. The van der Waals surface area contributed by atoms with Crippen LogP contribution in [0.2, 0.25) is 0 Å². The van der Waals surface area contributed by atoms with E-state index in [9.17, 15) is 0 Å². The normalized spacial score (nSPS) is 11.2. The molecule has 0 aliphatic heterocycles. The van der Waals surface area contributed by atoms with E-state index in [1.165, 1.54) is 0 Å². The van der Waals surface area contributed by atoms with Crippen molar-refractivity contribution in [2.75, 3.05) is 14.1 Å². The zero-order valence-electron chi connectivity index (χ0n) is 16.0. The van der Waals surface area contributed by atoms with E-state index in [2.05, 4.69) is 31.4 Å². The van der Waals surface area contributed by atoms with Crippen LogP contribution in [-0.4, -0.2) is 35.7 Å². The first-order chi connectivity index (χ1) is 12.5. The molecule has 2 N–H and O–H groups in total. The average Bonchev–Trinajstić information content (AvgIpc) is 2.97. The number of rotatable bonds is 5. The van der Waals surface area contributed by atoms with E-state index in [1.807, 2.05) is 63.7 Å². The van der Waals surface area contributed by atoms with Crippen LogP contribution in [0.15, 0.2) is 65.1 Å². The molecular formula is C19H24Br2N6O. The summed E-state index contributed by atoms with van der Waals surface area (Å²) in [6, 6.07) is 13.8. The molecular weight excluding hydrogens is 488 g/mol. The molecule has 3 rings (SSSR count). The van der Waals surface area contributed by atoms with E-state index in [4.69, 9.17) is 10.5 Å². The van der Waals surface area contributed by atoms with Crippen LogP contribution in [0.5, 0.6) is 5.75 Å². The smallest absolute Gasteiger partial charge is 0.286 e. The Kier molecular flexibility index (Phi) is 9.14. The van der Waals surface area contributed by atoms with E-state index in [0.29, 0.717) is 12.6 Å². The Labute approximate surface area is 185 Å². The summed E-state index contributed by atoms with van der Waals surface area (Å²) in [5.41, 5.74) is 8.82. The molecule has 9 heteroatoms. The highest BCUT2D eigenvalue weighted by atomic mass is 79.9. The minimum Gasteiger partial charge on any atom is -1.00 e. The van der Waals surface area contributed by atoms with E-state index in [1.54, 1.807) is 11.1 Å². The lowest BCUT2D eigenvalue weighted by molar-refractivity contribution is -0.511.